The lowest BCUT2D eigenvalue weighted by molar-refractivity contribution is 0.411. The number of anilines is 1. The van der Waals surface area contributed by atoms with Gasteiger partial charge in [0.2, 0.25) is 0 Å². The maximum atomic E-state index is 3.70. The molecule has 1 N–H and O–H groups in total. The average Bonchev–Trinajstić information content (AvgIpc) is 2.79. The first-order chi connectivity index (χ1) is 7.24. The number of hydrogen-bond donors (Lipinski definition) is 1. The van der Waals surface area contributed by atoms with E-state index in [1.54, 1.807) is 5.56 Å². The predicted molar refractivity (Wildman–Crippen MR) is 64.4 cm³/mol. The first-order valence-corrected chi connectivity index (χ1v) is 6.11. The number of para-hydroxylation sites is 1. The number of aryl methyl sites for hydroxylation is 1. The highest BCUT2D eigenvalue weighted by Crippen LogP contribution is 2.51. The summed E-state index contributed by atoms with van der Waals surface area (Å²) in [5.41, 5.74) is 4.88. The van der Waals surface area contributed by atoms with E-state index in [9.17, 15) is 0 Å². The van der Waals surface area contributed by atoms with Gasteiger partial charge in [0.15, 0.2) is 0 Å². The molecule has 0 bridgehead atoms. The molecule has 1 nitrogen and oxygen atoms in total. The summed E-state index contributed by atoms with van der Waals surface area (Å²) in [6.45, 7) is 4.57. The molecule has 0 radical (unpaired) electrons. The Bertz CT molecular complexity index is 388. The zero-order valence-electron chi connectivity index (χ0n) is 9.64. The van der Waals surface area contributed by atoms with E-state index in [1.165, 1.54) is 36.9 Å². The highest BCUT2D eigenvalue weighted by atomic mass is 15.0. The molecule has 1 heterocycles. The topological polar surface area (TPSA) is 12.0 Å². The van der Waals surface area contributed by atoms with E-state index in [2.05, 4.69) is 37.4 Å². The van der Waals surface area contributed by atoms with Crippen LogP contribution in [0.25, 0.3) is 0 Å². The van der Waals surface area contributed by atoms with Gasteiger partial charge in [0.05, 0.1) is 0 Å². The van der Waals surface area contributed by atoms with Gasteiger partial charge in [-0.05, 0) is 37.8 Å². The van der Waals surface area contributed by atoms with Gasteiger partial charge in [-0.15, -0.1) is 0 Å². The van der Waals surface area contributed by atoms with E-state index in [0.717, 1.165) is 0 Å². The summed E-state index contributed by atoms with van der Waals surface area (Å²) in [6.07, 6.45) is 5.55. The molecule has 1 spiro atoms. The Morgan fingerprint density at radius 2 is 2.00 bits per heavy atom. The fourth-order valence-corrected chi connectivity index (χ4v) is 3.57. The molecule has 1 unspecified atom stereocenters. The predicted octanol–water partition coefficient (Wildman–Crippen LogP) is 3.62. The van der Waals surface area contributed by atoms with Crippen LogP contribution in [0.1, 0.15) is 43.7 Å². The van der Waals surface area contributed by atoms with E-state index >= 15 is 0 Å². The molecule has 3 rings (SSSR count). The van der Waals surface area contributed by atoms with Crippen molar-refractivity contribution in [2.75, 3.05) is 5.32 Å². The summed E-state index contributed by atoms with van der Waals surface area (Å²) in [5.74, 6) is 0. The molecule has 1 heteroatoms. The van der Waals surface area contributed by atoms with Crippen molar-refractivity contribution in [3.63, 3.8) is 0 Å². The maximum Gasteiger partial charge on any atom is 0.0411 e. The molecule has 1 aliphatic heterocycles. The summed E-state index contributed by atoms with van der Waals surface area (Å²) in [6, 6.07) is 7.39. The molecule has 1 aliphatic carbocycles. The van der Waals surface area contributed by atoms with Crippen LogP contribution in [0.4, 0.5) is 5.69 Å². The van der Waals surface area contributed by atoms with Crippen LogP contribution in [-0.2, 0) is 5.41 Å². The van der Waals surface area contributed by atoms with Gasteiger partial charge in [-0.25, -0.2) is 0 Å². The van der Waals surface area contributed by atoms with Crippen LogP contribution < -0.4 is 5.32 Å². The lowest BCUT2D eigenvalue weighted by Crippen LogP contribution is -2.33. The normalized spacial score (nSPS) is 26.7. The second-order valence-electron chi connectivity index (χ2n) is 5.23. The SMILES string of the molecule is Cc1cccc2c1NC(C)C21CCCC1. The van der Waals surface area contributed by atoms with E-state index in [4.69, 9.17) is 0 Å². The second kappa shape index (κ2) is 3.01. The zero-order valence-corrected chi connectivity index (χ0v) is 9.64. The van der Waals surface area contributed by atoms with Gasteiger partial charge in [-0.3, -0.25) is 0 Å². The second-order valence-corrected chi connectivity index (χ2v) is 5.23. The molecule has 1 aromatic rings. The van der Waals surface area contributed by atoms with E-state index in [-0.39, 0.29) is 0 Å². The number of benzene rings is 1. The van der Waals surface area contributed by atoms with Crippen molar-refractivity contribution < 1.29 is 0 Å². The smallest absolute Gasteiger partial charge is 0.0411 e. The number of nitrogens with one attached hydrogen (secondary N) is 1. The minimum absolute atomic E-state index is 0.460. The van der Waals surface area contributed by atoms with Crippen molar-refractivity contribution in [2.24, 2.45) is 0 Å². The molecule has 80 valence electrons. The quantitative estimate of drug-likeness (QED) is 0.676. The highest BCUT2D eigenvalue weighted by molar-refractivity contribution is 5.66. The van der Waals surface area contributed by atoms with Gasteiger partial charge in [-0.1, -0.05) is 31.0 Å². The molecule has 0 aromatic heterocycles. The Balaban J connectivity index is 2.17. The van der Waals surface area contributed by atoms with E-state index in [0.29, 0.717) is 11.5 Å². The van der Waals surface area contributed by atoms with Gasteiger partial charge in [0.1, 0.15) is 0 Å². The van der Waals surface area contributed by atoms with Crippen LogP contribution in [0, 0.1) is 6.92 Å². The zero-order chi connectivity index (χ0) is 10.5. The van der Waals surface area contributed by atoms with Crippen molar-refractivity contribution in [1.29, 1.82) is 0 Å². The van der Waals surface area contributed by atoms with Gasteiger partial charge < -0.3 is 5.32 Å². The minimum atomic E-state index is 0.460. The standard InChI is InChI=1S/C14H19N/c1-10-6-5-7-12-13(10)15-11(2)14(12)8-3-4-9-14/h5-7,11,15H,3-4,8-9H2,1-2H3. The molecule has 1 saturated carbocycles. The number of fused-ring (bicyclic) bond motifs is 2. The molecule has 1 atom stereocenters. The summed E-state index contributed by atoms with van der Waals surface area (Å²) in [4.78, 5) is 0. The molecule has 0 amide bonds. The molecular weight excluding hydrogens is 182 g/mol. The van der Waals surface area contributed by atoms with Crippen molar-refractivity contribution in [1.82, 2.24) is 0 Å². The summed E-state index contributed by atoms with van der Waals surface area (Å²) in [7, 11) is 0. The van der Waals surface area contributed by atoms with Crippen LogP contribution in [0.2, 0.25) is 0 Å². The first-order valence-electron chi connectivity index (χ1n) is 6.11. The van der Waals surface area contributed by atoms with Crippen molar-refractivity contribution >= 4 is 5.69 Å². The van der Waals surface area contributed by atoms with Crippen molar-refractivity contribution in [3.8, 4) is 0 Å². The number of hydrogen-bond acceptors (Lipinski definition) is 1. The monoisotopic (exact) mass is 201 g/mol. The molecule has 15 heavy (non-hydrogen) atoms. The Hall–Kier alpha value is -0.980. The Labute approximate surface area is 91.9 Å². The summed E-state index contributed by atoms with van der Waals surface area (Å²) >= 11 is 0. The summed E-state index contributed by atoms with van der Waals surface area (Å²) in [5, 5.41) is 3.70. The van der Waals surface area contributed by atoms with Crippen LogP contribution in [0.15, 0.2) is 18.2 Å². The molecule has 1 aromatic carbocycles. The maximum absolute atomic E-state index is 3.70. The molecule has 0 saturated heterocycles. The molecule has 1 fully saturated rings. The fourth-order valence-electron chi connectivity index (χ4n) is 3.57. The third-order valence-corrected chi connectivity index (χ3v) is 4.49. The van der Waals surface area contributed by atoms with Crippen LogP contribution in [0.5, 0.6) is 0 Å². The van der Waals surface area contributed by atoms with Gasteiger partial charge in [0, 0.05) is 17.1 Å². The average molecular weight is 201 g/mol. The van der Waals surface area contributed by atoms with Gasteiger partial charge in [-0.2, -0.15) is 0 Å². The fraction of sp³-hybridized carbons (Fsp3) is 0.571. The van der Waals surface area contributed by atoms with Crippen molar-refractivity contribution in [3.05, 3.63) is 29.3 Å². The lowest BCUT2D eigenvalue weighted by atomic mass is 9.75. The molecule has 2 aliphatic rings. The summed E-state index contributed by atoms with van der Waals surface area (Å²) < 4.78 is 0. The van der Waals surface area contributed by atoms with E-state index < -0.39 is 0 Å². The third kappa shape index (κ3) is 1.09. The molecular formula is C14H19N. The van der Waals surface area contributed by atoms with Crippen LogP contribution in [-0.4, -0.2) is 6.04 Å². The van der Waals surface area contributed by atoms with Crippen molar-refractivity contribution in [2.45, 2.75) is 51.0 Å². The van der Waals surface area contributed by atoms with Crippen LogP contribution >= 0.6 is 0 Å². The Morgan fingerprint density at radius 1 is 1.27 bits per heavy atom. The Kier molecular flexibility index (Phi) is 1.86. The first kappa shape index (κ1) is 9.26. The van der Waals surface area contributed by atoms with E-state index in [1.807, 2.05) is 0 Å². The lowest BCUT2D eigenvalue weighted by Gasteiger charge is -2.28. The minimum Gasteiger partial charge on any atom is -0.381 e. The van der Waals surface area contributed by atoms with Gasteiger partial charge in [0.25, 0.3) is 0 Å². The third-order valence-electron chi connectivity index (χ3n) is 4.49. The highest BCUT2D eigenvalue weighted by Gasteiger charge is 2.46. The number of rotatable bonds is 0. The van der Waals surface area contributed by atoms with Crippen LogP contribution in [0.3, 0.4) is 0 Å². The van der Waals surface area contributed by atoms with Gasteiger partial charge >= 0.3 is 0 Å². The Morgan fingerprint density at radius 3 is 2.73 bits per heavy atom. The largest absolute Gasteiger partial charge is 0.381 e.